The molecule has 0 bridgehead atoms. The van der Waals surface area contributed by atoms with Crippen molar-refractivity contribution in [3.8, 4) is 0 Å². The Bertz CT molecular complexity index is 164. The molecule has 0 amide bonds. The van der Waals surface area contributed by atoms with E-state index >= 15 is 0 Å². The molecule has 2 nitrogen and oxygen atoms in total. The van der Waals surface area contributed by atoms with E-state index in [0.29, 0.717) is 0 Å². The molecule has 0 aliphatic heterocycles. The Kier molecular flexibility index (Phi) is 4.60. The molecule has 0 aromatic rings. The van der Waals surface area contributed by atoms with Crippen LogP contribution in [0.25, 0.3) is 0 Å². The van der Waals surface area contributed by atoms with Crippen molar-refractivity contribution in [1.82, 2.24) is 4.90 Å². The van der Waals surface area contributed by atoms with Gasteiger partial charge in [-0.15, -0.1) is 0 Å². The maximum atomic E-state index is 9.88. The number of aliphatic hydroxyl groups is 1. The van der Waals surface area contributed by atoms with Crippen LogP contribution in [-0.4, -0.2) is 35.2 Å². The van der Waals surface area contributed by atoms with Crippen molar-refractivity contribution in [2.24, 2.45) is 5.41 Å². The van der Waals surface area contributed by atoms with Gasteiger partial charge in [-0.25, -0.2) is 0 Å². The van der Waals surface area contributed by atoms with Gasteiger partial charge in [-0.05, 0) is 39.7 Å². The lowest BCUT2D eigenvalue weighted by Crippen LogP contribution is -2.43. The smallest absolute Gasteiger partial charge is 0.0672 e. The van der Waals surface area contributed by atoms with E-state index in [2.05, 4.69) is 53.5 Å². The molecule has 86 valence electrons. The van der Waals surface area contributed by atoms with Crippen molar-refractivity contribution in [2.75, 3.05) is 13.6 Å². The Hall–Kier alpha value is -0.0800. The highest BCUT2D eigenvalue weighted by Crippen LogP contribution is 2.22. The highest BCUT2D eigenvalue weighted by atomic mass is 16.3. The first kappa shape index (κ1) is 13.9. The van der Waals surface area contributed by atoms with E-state index in [4.69, 9.17) is 0 Å². The summed E-state index contributed by atoms with van der Waals surface area (Å²) in [5, 5.41) is 9.88. The minimum atomic E-state index is -0.223. The standard InChI is InChI=1S/C12H27NO/c1-11(2,3)8-10(14)9-13(7)12(4,5)6/h10,14H,8-9H2,1-7H3. The van der Waals surface area contributed by atoms with Crippen LogP contribution in [-0.2, 0) is 0 Å². The molecule has 0 aliphatic carbocycles. The molecular formula is C12H27NO. The second-order valence-corrected chi connectivity index (χ2v) is 6.47. The molecule has 1 N–H and O–H groups in total. The van der Waals surface area contributed by atoms with Crippen LogP contribution < -0.4 is 0 Å². The molecule has 1 atom stereocenters. The number of hydrogen-bond donors (Lipinski definition) is 1. The number of rotatable bonds is 3. The monoisotopic (exact) mass is 201 g/mol. The van der Waals surface area contributed by atoms with Crippen LogP contribution in [0, 0.1) is 5.41 Å². The predicted octanol–water partition coefficient (Wildman–Crippen LogP) is 2.51. The average molecular weight is 201 g/mol. The fraction of sp³-hybridized carbons (Fsp3) is 1.00. The van der Waals surface area contributed by atoms with Crippen LogP contribution in [0.5, 0.6) is 0 Å². The maximum absolute atomic E-state index is 9.88. The van der Waals surface area contributed by atoms with Crippen LogP contribution >= 0.6 is 0 Å². The number of β-amino-alcohol motifs (C(OH)–C–C–N with tert-alkyl or cyclic N) is 1. The van der Waals surface area contributed by atoms with Gasteiger partial charge in [-0.3, -0.25) is 4.90 Å². The van der Waals surface area contributed by atoms with E-state index in [-0.39, 0.29) is 17.1 Å². The number of likely N-dealkylation sites (N-methyl/N-ethyl adjacent to an activating group) is 1. The van der Waals surface area contributed by atoms with Gasteiger partial charge in [0, 0.05) is 12.1 Å². The molecule has 0 fully saturated rings. The third kappa shape index (κ3) is 6.39. The van der Waals surface area contributed by atoms with Crippen molar-refractivity contribution >= 4 is 0 Å². The summed E-state index contributed by atoms with van der Waals surface area (Å²) in [7, 11) is 2.06. The van der Waals surface area contributed by atoms with Gasteiger partial charge in [0.05, 0.1) is 6.10 Å². The van der Waals surface area contributed by atoms with Gasteiger partial charge in [0.15, 0.2) is 0 Å². The highest BCUT2D eigenvalue weighted by Gasteiger charge is 2.22. The van der Waals surface area contributed by atoms with E-state index in [1.807, 2.05) is 0 Å². The molecule has 0 aromatic heterocycles. The Morgan fingerprint density at radius 2 is 1.50 bits per heavy atom. The SMILES string of the molecule is CN(CC(O)CC(C)(C)C)C(C)(C)C. The summed E-state index contributed by atoms with van der Waals surface area (Å²) in [6.07, 6.45) is 0.632. The number of nitrogens with zero attached hydrogens (tertiary/aromatic N) is 1. The third-order valence-electron chi connectivity index (χ3n) is 2.48. The molecule has 0 saturated heterocycles. The summed E-state index contributed by atoms with van der Waals surface area (Å²) in [6, 6.07) is 0. The van der Waals surface area contributed by atoms with Crippen molar-refractivity contribution in [2.45, 2.75) is 59.6 Å². The molecule has 0 aliphatic rings. The topological polar surface area (TPSA) is 23.5 Å². The highest BCUT2D eigenvalue weighted by molar-refractivity contribution is 4.77. The van der Waals surface area contributed by atoms with E-state index in [1.165, 1.54) is 0 Å². The van der Waals surface area contributed by atoms with Gasteiger partial charge in [0.2, 0.25) is 0 Å². The van der Waals surface area contributed by atoms with Crippen molar-refractivity contribution < 1.29 is 5.11 Å². The van der Waals surface area contributed by atoms with Crippen LogP contribution in [0.1, 0.15) is 48.0 Å². The maximum Gasteiger partial charge on any atom is 0.0672 e. The Morgan fingerprint density at radius 3 is 1.79 bits per heavy atom. The van der Waals surface area contributed by atoms with Gasteiger partial charge in [-0.2, -0.15) is 0 Å². The summed E-state index contributed by atoms with van der Waals surface area (Å²) in [6.45, 7) is 13.7. The van der Waals surface area contributed by atoms with Crippen molar-refractivity contribution in [3.63, 3.8) is 0 Å². The van der Waals surface area contributed by atoms with E-state index in [0.717, 1.165) is 13.0 Å². The summed E-state index contributed by atoms with van der Waals surface area (Å²) in [5.74, 6) is 0. The first-order valence-corrected chi connectivity index (χ1v) is 5.42. The van der Waals surface area contributed by atoms with Gasteiger partial charge in [0.25, 0.3) is 0 Å². The number of aliphatic hydroxyl groups excluding tert-OH is 1. The average Bonchev–Trinajstić information content (AvgIpc) is 1.79. The Labute approximate surface area is 89.3 Å². The lowest BCUT2D eigenvalue weighted by Gasteiger charge is -2.34. The van der Waals surface area contributed by atoms with Gasteiger partial charge in [-0.1, -0.05) is 20.8 Å². The predicted molar refractivity (Wildman–Crippen MR) is 62.5 cm³/mol. The Balaban J connectivity index is 4.01. The molecule has 0 radical (unpaired) electrons. The second kappa shape index (κ2) is 4.63. The lowest BCUT2D eigenvalue weighted by molar-refractivity contribution is 0.0533. The fourth-order valence-corrected chi connectivity index (χ4v) is 1.36. The van der Waals surface area contributed by atoms with E-state index in [9.17, 15) is 5.11 Å². The molecule has 0 heterocycles. The quantitative estimate of drug-likeness (QED) is 0.758. The minimum absolute atomic E-state index is 0.138. The van der Waals surface area contributed by atoms with Crippen molar-refractivity contribution in [3.05, 3.63) is 0 Å². The van der Waals surface area contributed by atoms with Crippen molar-refractivity contribution in [1.29, 1.82) is 0 Å². The summed E-state index contributed by atoms with van der Waals surface area (Å²) >= 11 is 0. The molecule has 1 unspecified atom stereocenters. The first-order chi connectivity index (χ1) is 6.02. The first-order valence-electron chi connectivity index (χ1n) is 5.42. The molecule has 14 heavy (non-hydrogen) atoms. The zero-order valence-electron chi connectivity index (χ0n) is 10.9. The van der Waals surface area contributed by atoms with E-state index < -0.39 is 0 Å². The lowest BCUT2D eigenvalue weighted by atomic mass is 9.89. The molecule has 0 rings (SSSR count). The molecular weight excluding hydrogens is 174 g/mol. The largest absolute Gasteiger partial charge is 0.392 e. The van der Waals surface area contributed by atoms with Crippen LogP contribution in [0.4, 0.5) is 0 Å². The summed E-state index contributed by atoms with van der Waals surface area (Å²) in [4.78, 5) is 2.20. The summed E-state index contributed by atoms with van der Waals surface area (Å²) in [5.41, 5.74) is 0.344. The Morgan fingerprint density at radius 1 is 1.07 bits per heavy atom. The van der Waals surface area contributed by atoms with Gasteiger partial charge in [0.1, 0.15) is 0 Å². The molecule has 0 saturated carbocycles. The van der Waals surface area contributed by atoms with Crippen LogP contribution in [0.3, 0.4) is 0 Å². The van der Waals surface area contributed by atoms with Gasteiger partial charge >= 0.3 is 0 Å². The second-order valence-electron chi connectivity index (χ2n) is 6.47. The molecule has 2 heteroatoms. The molecule has 0 spiro atoms. The molecule has 0 aromatic carbocycles. The summed E-state index contributed by atoms with van der Waals surface area (Å²) < 4.78 is 0. The van der Waals surface area contributed by atoms with Crippen LogP contribution in [0.15, 0.2) is 0 Å². The van der Waals surface area contributed by atoms with Crippen LogP contribution in [0.2, 0.25) is 0 Å². The number of hydrogen-bond acceptors (Lipinski definition) is 2. The zero-order chi connectivity index (χ0) is 11.6. The normalized spacial score (nSPS) is 16.1. The van der Waals surface area contributed by atoms with Gasteiger partial charge < -0.3 is 5.11 Å². The third-order valence-corrected chi connectivity index (χ3v) is 2.48. The van der Waals surface area contributed by atoms with E-state index in [1.54, 1.807) is 0 Å². The zero-order valence-corrected chi connectivity index (χ0v) is 10.9. The fourth-order valence-electron chi connectivity index (χ4n) is 1.36. The minimum Gasteiger partial charge on any atom is -0.392 e.